The van der Waals surface area contributed by atoms with Crippen molar-refractivity contribution in [1.82, 2.24) is 0 Å². The van der Waals surface area contributed by atoms with Crippen LogP contribution in [0, 0.1) is 0 Å². The molecule has 3 rings (SSSR count). The van der Waals surface area contributed by atoms with E-state index in [2.05, 4.69) is 114 Å². The third-order valence-corrected chi connectivity index (χ3v) is 9.49. The van der Waals surface area contributed by atoms with Gasteiger partial charge in [0.2, 0.25) is 0 Å². The number of benzene rings is 3. The summed E-state index contributed by atoms with van der Waals surface area (Å²) in [6.07, 6.45) is 0. The van der Waals surface area contributed by atoms with Crippen LogP contribution in [0.5, 0.6) is 0 Å². The molecule has 3 aromatic rings. The van der Waals surface area contributed by atoms with Crippen LogP contribution in [-0.2, 0) is 0 Å². The van der Waals surface area contributed by atoms with Crippen LogP contribution in [0.3, 0.4) is 0 Å². The normalized spacial score (nSPS) is 12.2. The predicted octanol–water partition coefficient (Wildman–Crippen LogP) is 5.02. The Morgan fingerprint density at radius 3 is 0.828 bits per heavy atom. The van der Waals surface area contributed by atoms with Gasteiger partial charge in [0.15, 0.2) is 0 Å². The maximum absolute atomic E-state index is 12.3. The van der Waals surface area contributed by atoms with Crippen molar-refractivity contribution in [3.8, 4) is 0 Å². The highest BCUT2D eigenvalue weighted by molar-refractivity contribution is 7.06. The Labute approximate surface area is 177 Å². The van der Waals surface area contributed by atoms with Gasteiger partial charge < -0.3 is 4.80 Å². The summed E-state index contributed by atoms with van der Waals surface area (Å²) in [5, 5.41) is 3.12. The average Bonchev–Trinajstić information content (AvgIpc) is 2.73. The summed E-state index contributed by atoms with van der Waals surface area (Å²) in [7, 11) is -3.05. The van der Waals surface area contributed by atoms with Gasteiger partial charge in [-0.25, -0.2) is 0 Å². The molecule has 0 atom stereocenters. The average molecular weight is 403 g/mol. The van der Waals surface area contributed by atoms with E-state index in [1.165, 1.54) is 16.7 Å². The largest absolute Gasteiger partial charge is 0.421 e. The molecule has 0 radical (unpaired) electrons. The van der Waals surface area contributed by atoms with Gasteiger partial charge in [-0.3, -0.25) is 0 Å². The molecule has 0 amide bonds. The lowest BCUT2D eigenvalue weighted by atomic mass is 10.0. The molecule has 1 N–H and O–H groups in total. The summed E-state index contributed by atoms with van der Waals surface area (Å²) in [6.45, 7) is 13.2. The van der Waals surface area contributed by atoms with E-state index in [4.69, 9.17) is 0 Å². The van der Waals surface area contributed by atoms with Crippen molar-refractivity contribution in [2.45, 2.75) is 59.3 Å². The maximum atomic E-state index is 12.3. The van der Waals surface area contributed by atoms with Crippen molar-refractivity contribution >= 4 is 23.9 Å². The lowest BCUT2D eigenvalue weighted by Crippen LogP contribution is -2.67. The van der Waals surface area contributed by atoms with Gasteiger partial charge in [0.05, 0.1) is 0 Å². The van der Waals surface area contributed by atoms with Crippen LogP contribution in [0.1, 0.15) is 76.0 Å². The Morgan fingerprint density at radius 1 is 0.448 bits per heavy atom. The van der Waals surface area contributed by atoms with Crippen molar-refractivity contribution in [1.29, 1.82) is 0 Å². The molecule has 0 aliphatic carbocycles. The minimum absolute atomic E-state index is 0.481. The van der Waals surface area contributed by atoms with E-state index in [9.17, 15) is 4.80 Å². The minimum atomic E-state index is -3.05. The molecule has 1 nitrogen and oxygen atoms in total. The first-order valence-electron chi connectivity index (χ1n) is 10.8. The van der Waals surface area contributed by atoms with Gasteiger partial charge in [-0.05, 0) is 50.0 Å². The van der Waals surface area contributed by atoms with E-state index in [1.54, 1.807) is 0 Å². The molecule has 29 heavy (non-hydrogen) atoms. The number of hydrogen-bond acceptors (Lipinski definition) is 1. The first kappa shape index (κ1) is 21.5. The van der Waals surface area contributed by atoms with Crippen molar-refractivity contribution < 1.29 is 4.80 Å². The molecule has 0 aliphatic heterocycles. The van der Waals surface area contributed by atoms with E-state index in [1.807, 2.05) is 0 Å². The topological polar surface area (TPSA) is 20.2 Å². The third-order valence-electron chi connectivity index (χ3n) is 5.99. The van der Waals surface area contributed by atoms with Crippen LogP contribution in [0.25, 0.3) is 0 Å². The fraction of sp³-hybridized carbons (Fsp3) is 0.333. The molecule has 0 bridgehead atoms. The monoisotopic (exact) mass is 402 g/mol. The van der Waals surface area contributed by atoms with E-state index in [0.717, 1.165) is 15.6 Å². The fourth-order valence-corrected chi connectivity index (χ4v) is 6.77. The fourth-order valence-electron chi connectivity index (χ4n) is 3.83. The van der Waals surface area contributed by atoms with Crippen LogP contribution in [0.15, 0.2) is 72.8 Å². The number of hydrogen-bond donors (Lipinski definition) is 1. The Morgan fingerprint density at radius 2 is 0.655 bits per heavy atom. The molecular weight excluding hydrogens is 368 g/mol. The highest BCUT2D eigenvalue weighted by atomic mass is 28.4. The van der Waals surface area contributed by atoms with E-state index >= 15 is 0 Å². The smallest absolute Gasteiger partial charge is 0.285 e. The van der Waals surface area contributed by atoms with Crippen LogP contribution in [0.4, 0.5) is 0 Å². The minimum Gasteiger partial charge on any atom is -0.421 e. The maximum Gasteiger partial charge on any atom is 0.285 e. The predicted molar refractivity (Wildman–Crippen MR) is 128 cm³/mol. The highest BCUT2D eigenvalue weighted by Gasteiger charge is 2.38. The summed E-state index contributed by atoms with van der Waals surface area (Å²) in [5.74, 6) is 1.44. The van der Waals surface area contributed by atoms with Gasteiger partial charge in [0.25, 0.3) is 8.32 Å². The molecule has 0 saturated carbocycles. The first-order valence-corrected chi connectivity index (χ1v) is 12.7. The van der Waals surface area contributed by atoms with Crippen LogP contribution in [-0.4, -0.2) is 13.1 Å². The van der Waals surface area contributed by atoms with Gasteiger partial charge in [0, 0.05) is 0 Å². The van der Waals surface area contributed by atoms with Crippen molar-refractivity contribution in [3.63, 3.8) is 0 Å². The van der Waals surface area contributed by atoms with Gasteiger partial charge in [-0.2, -0.15) is 0 Å². The summed E-state index contributed by atoms with van der Waals surface area (Å²) in [6, 6.07) is 25.8. The van der Waals surface area contributed by atoms with Gasteiger partial charge in [-0.1, -0.05) is 114 Å². The Balaban J connectivity index is 2.14. The summed E-state index contributed by atoms with van der Waals surface area (Å²) < 4.78 is 0. The molecule has 0 saturated heterocycles. The second-order valence-corrected chi connectivity index (χ2v) is 12.2. The molecule has 0 fully saturated rings. The highest BCUT2D eigenvalue weighted by Crippen LogP contribution is 2.17. The standard InChI is InChI=1S/C27H34OSi/c1-19(2)22-7-13-25(14-8-22)29(28,26-15-9-23(10-16-26)20(3)4)27-17-11-24(12-18-27)21(5)6/h7-21,28H,1-6H3. The van der Waals surface area contributed by atoms with Crippen LogP contribution in [0.2, 0.25) is 0 Å². The van der Waals surface area contributed by atoms with Gasteiger partial charge in [0.1, 0.15) is 0 Å². The van der Waals surface area contributed by atoms with Crippen LogP contribution < -0.4 is 15.6 Å². The molecule has 0 aliphatic rings. The van der Waals surface area contributed by atoms with E-state index in [0.29, 0.717) is 17.8 Å². The molecule has 0 heterocycles. The zero-order chi connectivity index (χ0) is 21.2. The lowest BCUT2D eigenvalue weighted by Gasteiger charge is -2.28. The van der Waals surface area contributed by atoms with Gasteiger partial charge >= 0.3 is 0 Å². The Hall–Kier alpha value is -2.16. The molecule has 0 aromatic heterocycles. The summed E-state index contributed by atoms with van der Waals surface area (Å²) in [5.41, 5.74) is 3.90. The van der Waals surface area contributed by atoms with Crippen molar-refractivity contribution in [2.75, 3.05) is 0 Å². The molecule has 3 aromatic carbocycles. The van der Waals surface area contributed by atoms with Crippen LogP contribution >= 0.6 is 0 Å². The summed E-state index contributed by atoms with van der Waals surface area (Å²) >= 11 is 0. The van der Waals surface area contributed by atoms with E-state index in [-0.39, 0.29) is 0 Å². The molecule has 152 valence electrons. The second-order valence-electron chi connectivity index (χ2n) is 9.04. The first-order chi connectivity index (χ1) is 13.7. The molecule has 0 unspecified atom stereocenters. The zero-order valence-corrected chi connectivity index (χ0v) is 19.6. The second kappa shape index (κ2) is 8.69. The molecule has 0 spiro atoms. The quantitative estimate of drug-likeness (QED) is 0.454. The number of rotatable bonds is 6. The summed E-state index contributed by atoms with van der Waals surface area (Å²) in [4.78, 5) is 12.3. The molecule has 2 heteroatoms. The van der Waals surface area contributed by atoms with E-state index < -0.39 is 8.32 Å². The third kappa shape index (κ3) is 4.39. The Kier molecular flexibility index (Phi) is 6.45. The zero-order valence-electron chi connectivity index (χ0n) is 18.6. The Bertz CT molecular complexity index is 795. The van der Waals surface area contributed by atoms with Crippen molar-refractivity contribution in [2.24, 2.45) is 0 Å². The molecular formula is C27H34OSi. The van der Waals surface area contributed by atoms with Crippen molar-refractivity contribution in [3.05, 3.63) is 89.5 Å². The van der Waals surface area contributed by atoms with Gasteiger partial charge in [-0.15, -0.1) is 0 Å². The lowest BCUT2D eigenvalue weighted by molar-refractivity contribution is 0.583. The SMILES string of the molecule is CC(C)c1ccc([Si](O)(c2ccc(C(C)C)cc2)c2ccc(C(C)C)cc2)cc1.